The molecular weight excluding hydrogens is 306 g/mol. The molecule has 2 amide bonds. The van der Waals surface area contributed by atoms with E-state index in [-0.39, 0.29) is 18.4 Å². The van der Waals surface area contributed by atoms with E-state index in [0.717, 1.165) is 77.8 Å². The lowest BCUT2D eigenvalue weighted by Gasteiger charge is -2.42. The summed E-state index contributed by atoms with van der Waals surface area (Å²) in [4.78, 5) is 31.1. The third-order valence-corrected chi connectivity index (χ3v) is 5.82. The molecule has 0 aliphatic carbocycles. The quantitative estimate of drug-likeness (QED) is 0.767. The van der Waals surface area contributed by atoms with Crippen LogP contribution in [-0.2, 0) is 14.3 Å². The number of likely N-dealkylation sites (tertiary alicyclic amines) is 3. The molecular formula is C18H31N3O3. The van der Waals surface area contributed by atoms with Crippen LogP contribution in [0, 0.1) is 5.92 Å². The zero-order valence-electron chi connectivity index (χ0n) is 14.9. The first-order chi connectivity index (χ1) is 11.7. The Bertz CT molecular complexity index is 443. The van der Waals surface area contributed by atoms with Gasteiger partial charge in [0.2, 0.25) is 11.8 Å². The average molecular weight is 337 g/mol. The maximum atomic E-state index is 12.7. The molecule has 3 fully saturated rings. The number of carbonyl (C=O) groups excluding carboxylic acids is 2. The largest absolute Gasteiger partial charge is 0.375 e. The number of nitrogens with zero attached hydrogens (tertiary/aromatic N) is 3. The van der Waals surface area contributed by atoms with Crippen molar-refractivity contribution in [1.82, 2.24) is 14.7 Å². The molecule has 3 aliphatic heterocycles. The lowest BCUT2D eigenvalue weighted by atomic mass is 9.93. The van der Waals surface area contributed by atoms with Gasteiger partial charge in [-0.25, -0.2) is 0 Å². The summed E-state index contributed by atoms with van der Waals surface area (Å²) in [5, 5.41) is 0. The van der Waals surface area contributed by atoms with Crippen LogP contribution in [-0.4, -0.2) is 85.5 Å². The monoisotopic (exact) mass is 337 g/mol. The Balaban J connectivity index is 1.48. The van der Waals surface area contributed by atoms with Crippen LogP contribution in [0.25, 0.3) is 0 Å². The summed E-state index contributed by atoms with van der Waals surface area (Å²) in [5.41, 5.74) is 0. The SMILES string of the molecule is COCC(=O)N1CCC(N2CCCC(C(=O)N3CCCC3)C2)CC1. The molecule has 0 aromatic carbocycles. The van der Waals surface area contributed by atoms with E-state index in [4.69, 9.17) is 4.74 Å². The molecule has 136 valence electrons. The Kier molecular flexibility index (Phi) is 6.11. The van der Waals surface area contributed by atoms with Gasteiger partial charge < -0.3 is 14.5 Å². The number of hydrogen-bond acceptors (Lipinski definition) is 4. The normalized spacial score (nSPS) is 26.8. The highest BCUT2D eigenvalue weighted by molar-refractivity contribution is 5.79. The number of methoxy groups -OCH3 is 1. The van der Waals surface area contributed by atoms with Crippen LogP contribution >= 0.6 is 0 Å². The first-order valence-electron chi connectivity index (χ1n) is 9.48. The molecule has 3 aliphatic rings. The van der Waals surface area contributed by atoms with Gasteiger partial charge in [0.1, 0.15) is 6.61 Å². The lowest BCUT2D eigenvalue weighted by Crippen LogP contribution is -2.52. The molecule has 6 nitrogen and oxygen atoms in total. The van der Waals surface area contributed by atoms with Crippen molar-refractivity contribution in [1.29, 1.82) is 0 Å². The highest BCUT2D eigenvalue weighted by Crippen LogP contribution is 2.26. The van der Waals surface area contributed by atoms with Gasteiger partial charge in [-0.05, 0) is 45.1 Å². The molecule has 0 radical (unpaired) electrons. The molecule has 0 N–H and O–H groups in total. The second kappa shape index (κ2) is 8.30. The molecule has 1 atom stereocenters. The van der Waals surface area contributed by atoms with E-state index < -0.39 is 0 Å². The molecule has 6 heteroatoms. The fraction of sp³-hybridized carbons (Fsp3) is 0.889. The summed E-state index contributed by atoms with van der Waals surface area (Å²) in [6.45, 7) is 5.72. The van der Waals surface area contributed by atoms with Crippen molar-refractivity contribution in [3.8, 4) is 0 Å². The number of ether oxygens (including phenoxy) is 1. The number of amides is 2. The molecule has 24 heavy (non-hydrogen) atoms. The lowest BCUT2D eigenvalue weighted by molar-refractivity contribution is -0.137. The van der Waals surface area contributed by atoms with E-state index in [0.29, 0.717) is 11.9 Å². The number of rotatable bonds is 4. The van der Waals surface area contributed by atoms with Crippen molar-refractivity contribution < 1.29 is 14.3 Å². The second-order valence-corrected chi connectivity index (χ2v) is 7.41. The van der Waals surface area contributed by atoms with Gasteiger partial charge in [0.15, 0.2) is 0 Å². The van der Waals surface area contributed by atoms with Crippen LogP contribution in [0.1, 0.15) is 38.5 Å². The van der Waals surface area contributed by atoms with Crippen LogP contribution in [0.15, 0.2) is 0 Å². The van der Waals surface area contributed by atoms with E-state index in [1.54, 1.807) is 7.11 Å². The predicted octanol–water partition coefficient (Wildman–Crippen LogP) is 0.958. The van der Waals surface area contributed by atoms with Gasteiger partial charge in [0.25, 0.3) is 0 Å². The molecule has 1 unspecified atom stereocenters. The van der Waals surface area contributed by atoms with Gasteiger partial charge in [-0.3, -0.25) is 14.5 Å². The Morgan fingerprint density at radius 1 is 0.917 bits per heavy atom. The van der Waals surface area contributed by atoms with Gasteiger partial charge in [-0.1, -0.05) is 0 Å². The van der Waals surface area contributed by atoms with Crippen LogP contribution in [0.2, 0.25) is 0 Å². The molecule has 0 aromatic heterocycles. The summed E-state index contributed by atoms with van der Waals surface area (Å²) in [6, 6.07) is 0.519. The first kappa shape index (κ1) is 17.7. The molecule has 0 saturated carbocycles. The summed E-state index contributed by atoms with van der Waals surface area (Å²) in [7, 11) is 1.57. The zero-order valence-corrected chi connectivity index (χ0v) is 14.9. The fourth-order valence-corrected chi connectivity index (χ4v) is 4.43. The molecule has 0 spiro atoms. The number of piperidine rings is 2. The van der Waals surface area contributed by atoms with E-state index >= 15 is 0 Å². The van der Waals surface area contributed by atoms with Gasteiger partial charge in [0.05, 0.1) is 5.92 Å². The van der Waals surface area contributed by atoms with Gasteiger partial charge in [-0.2, -0.15) is 0 Å². The maximum Gasteiger partial charge on any atom is 0.248 e. The van der Waals surface area contributed by atoms with Gasteiger partial charge >= 0.3 is 0 Å². The van der Waals surface area contributed by atoms with Crippen molar-refractivity contribution >= 4 is 11.8 Å². The minimum absolute atomic E-state index is 0.0941. The number of hydrogen-bond donors (Lipinski definition) is 0. The van der Waals surface area contributed by atoms with E-state index in [9.17, 15) is 9.59 Å². The van der Waals surface area contributed by atoms with E-state index in [1.165, 1.54) is 0 Å². The summed E-state index contributed by atoms with van der Waals surface area (Å²) < 4.78 is 4.95. The fourth-order valence-electron chi connectivity index (χ4n) is 4.43. The topological polar surface area (TPSA) is 53.1 Å². The summed E-state index contributed by atoms with van der Waals surface area (Å²) >= 11 is 0. The second-order valence-electron chi connectivity index (χ2n) is 7.41. The van der Waals surface area contributed by atoms with Gasteiger partial charge in [-0.15, -0.1) is 0 Å². The van der Waals surface area contributed by atoms with Crippen LogP contribution in [0.5, 0.6) is 0 Å². The highest BCUT2D eigenvalue weighted by atomic mass is 16.5. The molecule has 0 bridgehead atoms. The summed E-state index contributed by atoms with van der Waals surface area (Å²) in [5.74, 6) is 0.659. The predicted molar refractivity (Wildman–Crippen MR) is 91.6 cm³/mol. The van der Waals surface area contributed by atoms with Crippen molar-refractivity contribution in [3.63, 3.8) is 0 Å². The average Bonchev–Trinajstić information content (AvgIpc) is 3.16. The molecule has 0 aromatic rings. The Morgan fingerprint density at radius 2 is 1.62 bits per heavy atom. The standard InChI is InChI=1S/C18H31N3O3/c1-24-14-17(22)19-11-6-16(7-12-19)21-10-4-5-15(13-21)18(23)20-8-2-3-9-20/h15-16H,2-14H2,1H3. The Hall–Kier alpha value is -1.14. The van der Waals surface area contributed by atoms with E-state index in [2.05, 4.69) is 9.80 Å². The molecule has 3 heterocycles. The highest BCUT2D eigenvalue weighted by Gasteiger charge is 2.34. The van der Waals surface area contributed by atoms with Crippen molar-refractivity contribution in [2.24, 2.45) is 5.92 Å². The Labute approximate surface area is 145 Å². The Morgan fingerprint density at radius 3 is 2.29 bits per heavy atom. The van der Waals surface area contributed by atoms with Crippen LogP contribution in [0.3, 0.4) is 0 Å². The molecule has 3 saturated heterocycles. The van der Waals surface area contributed by atoms with Gasteiger partial charge in [0, 0.05) is 45.9 Å². The number of carbonyl (C=O) groups is 2. The van der Waals surface area contributed by atoms with E-state index in [1.807, 2.05) is 4.90 Å². The molecule has 3 rings (SSSR count). The zero-order chi connectivity index (χ0) is 16.9. The van der Waals surface area contributed by atoms with Crippen molar-refractivity contribution in [2.75, 3.05) is 53.0 Å². The van der Waals surface area contributed by atoms with Crippen LogP contribution in [0.4, 0.5) is 0 Å². The smallest absolute Gasteiger partial charge is 0.248 e. The van der Waals surface area contributed by atoms with Crippen molar-refractivity contribution in [3.05, 3.63) is 0 Å². The minimum atomic E-state index is 0.0941. The summed E-state index contributed by atoms with van der Waals surface area (Å²) in [6.07, 6.45) is 6.51. The third-order valence-electron chi connectivity index (χ3n) is 5.82. The maximum absolute atomic E-state index is 12.7. The van der Waals surface area contributed by atoms with Crippen LogP contribution < -0.4 is 0 Å². The minimum Gasteiger partial charge on any atom is -0.375 e. The third kappa shape index (κ3) is 4.09. The van der Waals surface area contributed by atoms with Crippen molar-refractivity contribution in [2.45, 2.75) is 44.6 Å². The first-order valence-corrected chi connectivity index (χ1v) is 9.48.